The van der Waals surface area contributed by atoms with Gasteiger partial charge < -0.3 is 8.85 Å². The van der Waals surface area contributed by atoms with Gasteiger partial charge in [-0.05, 0) is 43.6 Å². The average molecular weight is 257 g/mol. The van der Waals surface area contributed by atoms with Gasteiger partial charge in [0.05, 0.1) is 0 Å². The predicted molar refractivity (Wildman–Crippen MR) is 71.9 cm³/mol. The second kappa shape index (κ2) is 5.82. The molecule has 1 heterocycles. The van der Waals surface area contributed by atoms with Crippen molar-refractivity contribution in [3.05, 3.63) is 0 Å². The first kappa shape index (κ1) is 13.5. The van der Waals surface area contributed by atoms with Crippen LogP contribution in [-0.2, 0) is 8.85 Å². The molecule has 0 spiro atoms. The third kappa shape index (κ3) is 2.60. The molecule has 2 rings (SSSR count). The number of hydrogen-bond donors (Lipinski definition) is 0. The summed E-state index contributed by atoms with van der Waals surface area (Å²) in [4.78, 5) is 0. The number of fused-ring (bicyclic) bond motifs is 1. The molecule has 4 unspecified atom stereocenters. The Bertz CT molecular complexity index is 248. The highest BCUT2D eigenvalue weighted by Gasteiger charge is 2.44. The van der Waals surface area contributed by atoms with Crippen LogP contribution in [-0.4, -0.2) is 40.8 Å². The molecule has 0 N–H and O–H groups in total. The Morgan fingerprint density at radius 2 is 1.65 bits per heavy atom. The van der Waals surface area contributed by atoms with E-state index in [4.69, 9.17) is 8.85 Å². The molecule has 0 radical (unpaired) electrons. The topological polar surface area (TPSA) is 21.7 Å². The molecule has 0 amide bonds. The van der Waals surface area contributed by atoms with Gasteiger partial charge in [-0.15, -0.1) is 0 Å². The quantitative estimate of drug-likeness (QED) is 0.723. The molecule has 3 nitrogen and oxygen atoms in total. The van der Waals surface area contributed by atoms with Gasteiger partial charge in [-0.2, -0.15) is 0 Å². The van der Waals surface area contributed by atoms with Gasteiger partial charge in [0.2, 0.25) is 0 Å². The molecule has 2 aliphatic rings. The Hall–Kier alpha value is 0.0969. The molecule has 1 saturated heterocycles. The van der Waals surface area contributed by atoms with Crippen LogP contribution in [0.2, 0.25) is 0 Å². The Kier molecular flexibility index (Phi) is 4.63. The zero-order chi connectivity index (χ0) is 12.4. The lowest BCUT2D eigenvalue weighted by atomic mass is 9.68. The summed E-state index contributed by atoms with van der Waals surface area (Å²) in [6.07, 6.45) is 5.49. The van der Waals surface area contributed by atoms with Crippen LogP contribution >= 0.6 is 0 Å². The van der Waals surface area contributed by atoms with Crippen LogP contribution in [0.5, 0.6) is 0 Å². The average Bonchev–Trinajstić information content (AvgIpc) is 2.35. The molecule has 4 atom stereocenters. The molecule has 0 bridgehead atoms. The monoisotopic (exact) mass is 257 g/mol. The first-order valence-corrected chi connectivity index (χ1v) is 8.46. The molecule has 0 aromatic heterocycles. The van der Waals surface area contributed by atoms with Gasteiger partial charge in [0.15, 0.2) is 0 Å². The van der Waals surface area contributed by atoms with Crippen molar-refractivity contribution in [3.63, 3.8) is 0 Å². The lowest BCUT2D eigenvalue weighted by molar-refractivity contribution is 0.0176. The number of nitrogens with zero attached hydrogens (tertiary/aromatic N) is 1. The van der Waals surface area contributed by atoms with Gasteiger partial charge >= 0.3 is 9.45 Å². The maximum Gasteiger partial charge on any atom is 0.410 e. The minimum absolute atomic E-state index is 0.712. The van der Waals surface area contributed by atoms with Crippen molar-refractivity contribution in [2.45, 2.75) is 45.6 Å². The molecule has 1 aliphatic heterocycles. The van der Waals surface area contributed by atoms with Crippen LogP contribution in [0.15, 0.2) is 0 Å². The van der Waals surface area contributed by atoms with Gasteiger partial charge in [0, 0.05) is 20.3 Å². The number of piperidine rings is 1. The molecule has 1 saturated carbocycles. The van der Waals surface area contributed by atoms with Crippen molar-refractivity contribution < 1.29 is 8.85 Å². The maximum atomic E-state index is 5.61. The highest BCUT2D eigenvalue weighted by molar-refractivity contribution is 6.41. The van der Waals surface area contributed by atoms with Gasteiger partial charge in [-0.3, -0.25) is 4.57 Å². The number of hydrogen-bond acceptors (Lipinski definition) is 3. The van der Waals surface area contributed by atoms with E-state index in [1.165, 1.54) is 32.2 Å². The summed E-state index contributed by atoms with van der Waals surface area (Å²) >= 11 is 0. The molecule has 17 heavy (non-hydrogen) atoms. The Balaban J connectivity index is 2.15. The van der Waals surface area contributed by atoms with E-state index in [0.29, 0.717) is 6.04 Å². The zero-order valence-electron chi connectivity index (χ0n) is 11.7. The molecule has 100 valence electrons. The molecule has 4 heteroatoms. The van der Waals surface area contributed by atoms with Gasteiger partial charge in [0.1, 0.15) is 0 Å². The third-order valence-corrected chi connectivity index (χ3v) is 6.79. The van der Waals surface area contributed by atoms with Crippen LogP contribution in [0.3, 0.4) is 0 Å². The van der Waals surface area contributed by atoms with E-state index in [0.717, 1.165) is 17.8 Å². The van der Waals surface area contributed by atoms with E-state index in [2.05, 4.69) is 18.4 Å². The Morgan fingerprint density at radius 1 is 1.00 bits per heavy atom. The minimum Gasteiger partial charge on any atom is -0.388 e. The molecular weight excluding hydrogens is 230 g/mol. The molecule has 1 aliphatic carbocycles. The first-order valence-electron chi connectivity index (χ1n) is 7.00. The smallest absolute Gasteiger partial charge is 0.388 e. The fourth-order valence-corrected chi connectivity index (χ4v) is 5.89. The second-order valence-corrected chi connectivity index (χ2v) is 8.07. The fourth-order valence-electron chi connectivity index (χ4n) is 3.97. The summed E-state index contributed by atoms with van der Waals surface area (Å²) in [6.45, 7) is 6.03. The molecule has 2 fully saturated rings. The minimum atomic E-state index is -1.60. The van der Waals surface area contributed by atoms with Crippen molar-refractivity contribution >= 4 is 9.45 Å². The Labute approximate surface area is 107 Å². The summed E-state index contributed by atoms with van der Waals surface area (Å²) in [6, 6.07) is 0.712. The summed E-state index contributed by atoms with van der Waals surface area (Å²) in [5.41, 5.74) is 0. The fraction of sp³-hybridized carbons (Fsp3) is 1.00. The first-order chi connectivity index (χ1) is 8.19. The highest BCUT2D eigenvalue weighted by Crippen LogP contribution is 2.42. The third-order valence-electron chi connectivity index (χ3n) is 4.84. The van der Waals surface area contributed by atoms with E-state index in [9.17, 15) is 0 Å². The highest BCUT2D eigenvalue weighted by atomic mass is 28.3. The number of rotatable bonds is 3. The molecule has 0 aromatic carbocycles. The maximum absolute atomic E-state index is 5.61. The normalized spacial score (nSPS) is 39.4. The lowest BCUT2D eigenvalue weighted by Gasteiger charge is -2.51. The van der Waals surface area contributed by atoms with E-state index in [1.54, 1.807) is 14.2 Å². The largest absolute Gasteiger partial charge is 0.410 e. The van der Waals surface area contributed by atoms with Crippen molar-refractivity contribution in [1.29, 1.82) is 0 Å². The van der Waals surface area contributed by atoms with Gasteiger partial charge in [-0.25, -0.2) is 0 Å². The molecule has 0 aromatic rings. The van der Waals surface area contributed by atoms with Crippen molar-refractivity contribution in [2.75, 3.05) is 20.8 Å². The zero-order valence-corrected chi connectivity index (χ0v) is 12.8. The lowest BCUT2D eigenvalue weighted by Crippen LogP contribution is -2.59. The summed E-state index contributed by atoms with van der Waals surface area (Å²) in [5.74, 6) is 2.55. The summed E-state index contributed by atoms with van der Waals surface area (Å²) < 4.78 is 13.8. The van der Waals surface area contributed by atoms with Crippen LogP contribution < -0.4 is 0 Å². The summed E-state index contributed by atoms with van der Waals surface area (Å²) in [5, 5.41) is 0. The SMILES string of the molecule is CO[SiH](OC)N1CCCC2C(C)CCC(C)C21. The predicted octanol–water partition coefficient (Wildman–Crippen LogP) is 2.14. The molecular formula is C13H27NO2Si. The summed E-state index contributed by atoms with van der Waals surface area (Å²) in [7, 11) is 2.01. The van der Waals surface area contributed by atoms with E-state index in [1.807, 2.05) is 0 Å². The van der Waals surface area contributed by atoms with E-state index in [-0.39, 0.29) is 0 Å². The Morgan fingerprint density at radius 3 is 2.29 bits per heavy atom. The van der Waals surface area contributed by atoms with E-state index >= 15 is 0 Å². The van der Waals surface area contributed by atoms with Crippen molar-refractivity contribution in [3.8, 4) is 0 Å². The van der Waals surface area contributed by atoms with Crippen molar-refractivity contribution in [1.82, 2.24) is 4.57 Å². The van der Waals surface area contributed by atoms with Crippen molar-refractivity contribution in [2.24, 2.45) is 17.8 Å². The van der Waals surface area contributed by atoms with Crippen LogP contribution in [0.4, 0.5) is 0 Å². The van der Waals surface area contributed by atoms with Crippen LogP contribution in [0, 0.1) is 17.8 Å². The van der Waals surface area contributed by atoms with E-state index < -0.39 is 9.45 Å². The van der Waals surface area contributed by atoms with Crippen LogP contribution in [0.25, 0.3) is 0 Å². The second-order valence-electron chi connectivity index (χ2n) is 5.84. The van der Waals surface area contributed by atoms with Gasteiger partial charge in [0.25, 0.3) is 0 Å². The van der Waals surface area contributed by atoms with Crippen LogP contribution in [0.1, 0.15) is 39.5 Å². The van der Waals surface area contributed by atoms with Gasteiger partial charge in [-0.1, -0.05) is 20.3 Å². The standard InChI is InChI=1S/C13H27NO2Si/c1-10-7-8-11(2)13-12(10)6-5-9-14(13)17(15-3)16-4/h10-13,17H,5-9H2,1-4H3.